The molecule has 2 aromatic rings. The van der Waals surface area contributed by atoms with Gasteiger partial charge in [-0.15, -0.1) is 0 Å². The Morgan fingerprint density at radius 3 is 2.61 bits per heavy atom. The molecule has 2 aliphatic heterocycles. The van der Waals surface area contributed by atoms with Gasteiger partial charge in [0.15, 0.2) is 0 Å². The van der Waals surface area contributed by atoms with E-state index in [4.69, 9.17) is 16.3 Å². The molecule has 28 heavy (non-hydrogen) atoms. The van der Waals surface area contributed by atoms with Crippen LogP contribution in [0.3, 0.4) is 0 Å². The van der Waals surface area contributed by atoms with E-state index >= 15 is 0 Å². The number of amides is 1. The van der Waals surface area contributed by atoms with Crippen LogP contribution in [0.15, 0.2) is 60.2 Å². The number of aliphatic hydroxyl groups excluding tert-OH is 1. The molecule has 2 heterocycles. The highest BCUT2D eigenvalue weighted by atomic mass is 35.5. The minimum absolute atomic E-state index is 0.0801. The molecular formula is C22H20ClNO4. The second-order valence-corrected chi connectivity index (χ2v) is 7.44. The van der Waals surface area contributed by atoms with Crippen molar-refractivity contribution in [1.82, 2.24) is 4.90 Å². The summed E-state index contributed by atoms with van der Waals surface area (Å²) in [5.41, 5.74) is 1.25. The second kappa shape index (κ2) is 7.78. The summed E-state index contributed by atoms with van der Waals surface area (Å²) in [6, 6.07) is 15.1. The molecular weight excluding hydrogens is 378 g/mol. The number of likely N-dealkylation sites (tertiary alicyclic amines) is 1. The van der Waals surface area contributed by atoms with Gasteiger partial charge in [0.2, 0.25) is 0 Å². The van der Waals surface area contributed by atoms with Crippen LogP contribution >= 0.6 is 11.6 Å². The molecule has 5 nitrogen and oxygen atoms in total. The number of carbonyl (C=O) groups excluding carboxylic acids is 2. The van der Waals surface area contributed by atoms with Crippen molar-refractivity contribution in [2.24, 2.45) is 0 Å². The Hall–Kier alpha value is -2.63. The van der Waals surface area contributed by atoms with Crippen molar-refractivity contribution >= 4 is 29.1 Å². The van der Waals surface area contributed by atoms with Gasteiger partial charge in [-0.2, -0.15) is 0 Å². The molecule has 0 spiro atoms. The van der Waals surface area contributed by atoms with Gasteiger partial charge >= 0.3 is 0 Å². The number of hydrogen-bond donors (Lipinski definition) is 1. The van der Waals surface area contributed by atoms with E-state index in [-0.39, 0.29) is 17.4 Å². The molecule has 0 saturated carbocycles. The zero-order valence-electron chi connectivity index (χ0n) is 15.2. The number of Topliss-reactive ketones (excluding diaryl/α,β-unsaturated/α-hetero) is 1. The third-order valence-electron chi connectivity index (χ3n) is 5.18. The normalized spacial score (nSPS) is 24.1. The smallest absolute Gasteiger partial charge is 0.295 e. The number of carbonyl (C=O) groups is 2. The lowest BCUT2D eigenvalue weighted by atomic mass is 9.95. The summed E-state index contributed by atoms with van der Waals surface area (Å²) in [6.45, 7) is 0.952. The number of hydrogen-bond acceptors (Lipinski definition) is 4. The molecule has 2 saturated heterocycles. The number of aliphatic hydroxyl groups is 1. The Morgan fingerprint density at radius 1 is 1.14 bits per heavy atom. The van der Waals surface area contributed by atoms with E-state index in [2.05, 4.69) is 0 Å². The zero-order chi connectivity index (χ0) is 19.7. The summed E-state index contributed by atoms with van der Waals surface area (Å²) < 4.78 is 5.68. The fraction of sp³-hybridized carbons (Fsp3) is 0.273. The third kappa shape index (κ3) is 3.43. The van der Waals surface area contributed by atoms with E-state index in [1.807, 2.05) is 12.1 Å². The number of ether oxygens (including phenoxy) is 1. The van der Waals surface area contributed by atoms with E-state index in [0.29, 0.717) is 29.3 Å². The summed E-state index contributed by atoms with van der Waals surface area (Å²) in [6.07, 6.45) is 1.65. The van der Waals surface area contributed by atoms with Crippen LogP contribution in [0, 0.1) is 0 Å². The third-order valence-corrected chi connectivity index (χ3v) is 5.41. The summed E-state index contributed by atoms with van der Waals surface area (Å²) in [4.78, 5) is 27.2. The van der Waals surface area contributed by atoms with Gasteiger partial charge in [0.1, 0.15) is 5.76 Å². The van der Waals surface area contributed by atoms with Crippen LogP contribution in [-0.2, 0) is 14.3 Å². The van der Waals surface area contributed by atoms with E-state index in [0.717, 1.165) is 12.8 Å². The molecule has 1 amide bonds. The highest BCUT2D eigenvalue weighted by Crippen LogP contribution is 2.40. The van der Waals surface area contributed by atoms with Gasteiger partial charge in [0.25, 0.3) is 11.7 Å². The van der Waals surface area contributed by atoms with Crippen LogP contribution in [0.25, 0.3) is 5.76 Å². The molecule has 2 aliphatic rings. The first kappa shape index (κ1) is 18.7. The Kier molecular flexibility index (Phi) is 5.20. The lowest BCUT2D eigenvalue weighted by molar-refractivity contribution is -0.140. The average molecular weight is 398 g/mol. The molecule has 0 radical (unpaired) electrons. The monoisotopic (exact) mass is 397 g/mol. The molecule has 6 heteroatoms. The molecule has 144 valence electrons. The fourth-order valence-corrected chi connectivity index (χ4v) is 4.05. The molecule has 2 unspecified atom stereocenters. The number of nitrogens with zero attached hydrogens (tertiary/aromatic N) is 1. The van der Waals surface area contributed by atoms with Gasteiger partial charge in [-0.05, 0) is 30.5 Å². The van der Waals surface area contributed by atoms with E-state index < -0.39 is 17.7 Å². The number of benzene rings is 2. The largest absolute Gasteiger partial charge is 0.507 e. The van der Waals surface area contributed by atoms with Crippen molar-refractivity contribution in [3.8, 4) is 0 Å². The maximum Gasteiger partial charge on any atom is 0.295 e. The second-order valence-electron chi connectivity index (χ2n) is 7.01. The van der Waals surface area contributed by atoms with Gasteiger partial charge < -0.3 is 14.7 Å². The van der Waals surface area contributed by atoms with Gasteiger partial charge in [-0.3, -0.25) is 9.59 Å². The molecule has 1 N–H and O–H groups in total. The molecule has 2 fully saturated rings. The van der Waals surface area contributed by atoms with Crippen LogP contribution in [0.1, 0.15) is 30.0 Å². The van der Waals surface area contributed by atoms with Gasteiger partial charge in [0.05, 0.1) is 17.7 Å². The average Bonchev–Trinajstić information content (AvgIpc) is 3.30. The van der Waals surface area contributed by atoms with E-state index in [9.17, 15) is 14.7 Å². The van der Waals surface area contributed by atoms with Crippen LogP contribution in [0.4, 0.5) is 0 Å². The van der Waals surface area contributed by atoms with E-state index in [1.165, 1.54) is 4.90 Å². The van der Waals surface area contributed by atoms with Gasteiger partial charge in [-0.1, -0.05) is 54.1 Å². The topological polar surface area (TPSA) is 66.8 Å². The van der Waals surface area contributed by atoms with Crippen molar-refractivity contribution in [1.29, 1.82) is 0 Å². The Morgan fingerprint density at radius 2 is 1.93 bits per heavy atom. The molecule has 0 bridgehead atoms. The van der Waals surface area contributed by atoms with Crippen molar-refractivity contribution in [2.45, 2.75) is 25.0 Å². The minimum atomic E-state index is -0.705. The molecule has 2 atom stereocenters. The van der Waals surface area contributed by atoms with Gasteiger partial charge in [0, 0.05) is 23.7 Å². The number of ketones is 1. The predicted molar refractivity (Wildman–Crippen MR) is 106 cm³/mol. The van der Waals surface area contributed by atoms with Crippen LogP contribution in [0.2, 0.25) is 5.02 Å². The molecule has 0 aromatic heterocycles. The summed E-state index contributed by atoms with van der Waals surface area (Å²) in [5, 5.41) is 11.4. The fourth-order valence-electron chi connectivity index (χ4n) is 3.85. The van der Waals surface area contributed by atoms with Crippen molar-refractivity contribution in [3.05, 3.63) is 76.3 Å². The number of rotatable bonds is 4. The highest BCUT2D eigenvalue weighted by molar-refractivity contribution is 6.46. The van der Waals surface area contributed by atoms with Crippen LogP contribution < -0.4 is 0 Å². The lowest BCUT2D eigenvalue weighted by Gasteiger charge is -2.27. The highest BCUT2D eigenvalue weighted by Gasteiger charge is 2.47. The summed E-state index contributed by atoms with van der Waals surface area (Å²) >= 11 is 6.17. The SMILES string of the molecule is O=C1C(=O)N(CC2CCCO2)C(c2cccc(Cl)c2)C1=C(O)c1ccccc1. The van der Waals surface area contributed by atoms with Gasteiger partial charge in [-0.25, -0.2) is 0 Å². The Balaban J connectivity index is 1.83. The Labute approximate surface area is 168 Å². The predicted octanol–water partition coefficient (Wildman–Crippen LogP) is 3.94. The first-order chi connectivity index (χ1) is 13.6. The van der Waals surface area contributed by atoms with Crippen LogP contribution in [-0.4, -0.2) is 41.0 Å². The van der Waals surface area contributed by atoms with Crippen LogP contribution in [0.5, 0.6) is 0 Å². The Bertz CT molecular complexity index is 935. The first-order valence-electron chi connectivity index (χ1n) is 9.27. The van der Waals surface area contributed by atoms with Crippen molar-refractivity contribution in [3.63, 3.8) is 0 Å². The lowest BCUT2D eigenvalue weighted by Crippen LogP contribution is -2.36. The summed E-state index contributed by atoms with van der Waals surface area (Å²) in [7, 11) is 0. The maximum absolute atomic E-state index is 12.9. The molecule has 0 aliphatic carbocycles. The number of halogens is 1. The standard InChI is InChI=1S/C22H20ClNO4/c23-16-9-4-8-15(12-16)19-18(20(25)14-6-2-1-3-7-14)21(26)22(27)24(19)13-17-10-5-11-28-17/h1-4,6-9,12,17,19,25H,5,10-11,13H2. The van der Waals surface area contributed by atoms with Crippen molar-refractivity contribution in [2.75, 3.05) is 13.2 Å². The quantitative estimate of drug-likeness (QED) is 0.482. The zero-order valence-corrected chi connectivity index (χ0v) is 15.9. The summed E-state index contributed by atoms with van der Waals surface area (Å²) in [5.74, 6) is -1.50. The molecule has 2 aromatic carbocycles. The van der Waals surface area contributed by atoms with E-state index in [1.54, 1.807) is 42.5 Å². The first-order valence-corrected chi connectivity index (χ1v) is 9.65. The molecule has 4 rings (SSSR count). The minimum Gasteiger partial charge on any atom is -0.507 e. The maximum atomic E-state index is 12.9. The van der Waals surface area contributed by atoms with Crippen molar-refractivity contribution < 1.29 is 19.4 Å².